The molecule has 0 spiro atoms. The third kappa shape index (κ3) is 3.11. The molecule has 0 radical (unpaired) electrons. The van der Waals surface area contributed by atoms with E-state index in [9.17, 15) is 30.7 Å². The van der Waals surface area contributed by atoms with E-state index in [1.54, 1.807) is 0 Å². The molecule has 0 saturated carbocycles. The van der Waals surface area contributed by atoms with Gasteiger partial charge in [0.15, 0.2) is 5.82 Å². The standard InChI is InChI=1S/C14H8ClF7N4/c1-5-23-8(13(17,18)19)2-3-26(5)11-7(16)4-6(15)9-10(11)25-12(24-9)14(20,21)22/h2-5H,1H3,(H,24,25). The second-order valence-corrected chi connectivity index (χ2v) is 5.77. The number of allylic oxidation sites excluding steroid dienone is 1. The molecule has 3 rings (SSSR count). The number of aliphatic imine (C=N–C) groups is 1. The summed E-state index contributed by atoms with van der Waals surface area (Å²) in [6.45, 7) is 1.23. The molecule has 0 bridgehead atoms. The molecule has 0 aliphatic carbocycles. The molecule has 1 unspecified atom stereocenters. The molecule has 2 heterocycles. The predicted molar refractivity (Wildman–Crippen MR) is 80.6 cm³/mol. The minimum atomic E-state index is -4.85. The van der Waals surface area contributed by atoms with Gasteiger partial charge >= 0.3 is 12.4 Å². The number of alkyl halides is 6. The van der Waals surface area contributed by atoms with Crippen LogP contribution in [0.3, 0.4) is 0 Å². The topological polar surface area (TPSA) is 44.3 Å². The Hall–Kier alpha value is -2.30. The molecular weight excluding hydrogens is 393 g/mol. The third-order valence-corrected chi connectivity index (χ3v) is 3.87. The van der Waals surface area contributed by atoms with Crippen LogP contribution in [0, 0.1) is 5.82 Å². The number of halogens is 8. The van der Waals surface area contributed by atoms with Gasteiger partial charge in [-0.05, 0) is 19.1 Å². The summed E-state index contributed by atoms with van der Waals surface area (Å²) in [5.74, 6) is -2.45. The Labute approximate surface area is 146 Å². The van der Waals surface area contributed by atoms with Gasteiger partial charge in [0.05, 0.1) is 10.5 Å². The number of nitrogens with one attached hydrogen (secondary N) is 1. The number of fused-ring (bicyclic) bond motifs is 1. The highest BCUT2D eigenvalue weighted by Gasteiger charge is 2.38. The van der Waals surface area contributed by atoms with Crippen LogP contribution in [0.4, 0.5) is 36.4 Å². The van der Waals surface area contributed by atoms with Crippen molar-refractivity contribution in [3.8, 4) is 0 Å². The number of benzene rings is 1. The van der Waals surface area contributed by atoms with Crippen LogP contribution in [0.5, 0.6) is 0 Å². The van der Waals surface area contributed by atoms with Crippen LogP contribution in [-0.2, 0) is 6.18 Å². The molecule has 1 aliphatic rings. The van der Waals surface area contributed by atoms with Crippen LogP contribution < -0.4 is 4.90 Å². The third-order valence-electron chi connectivity index (χ3n) is 3.59. The van der Waals surface area contributed by atoms with Crippen molar-refractivity contribution in [3.05, 3.63) is 35.0 Å². The van der Waals surface area contributed by atoms with Gasteiger partial charge < -0.3 is 9.88 Å². The van der Waals surface area contributed by atoms with Crippen molar-refractivity contribution in [2.24, 2.45) is 4.99 Å². The summed E-state index contributed by atoms with van der Waals surface area (Å²) >= 11 is 5.75. The van der Waals surface area contributed by atoms with Crippen molar-refractivity contribution in [1.29, 1.82) is 0 Å². The molecule has 0 saturated heterocycles. The molecule has 4 nitrogen and oxygen atoms in total. The fraction of sp³-hybridized carbons (Fsp3) is 0.286. The smallest absolute Gasteiger partial charge is 0.332 e. The first-order valence-corrected chi connectivity index (χ1v) is 7.34. The Morgan fingerprint density at radius 2 is 1.81 bits per heavy atom. The van der Waals surface area contributed by atoms with Crippen molar-refractivity contribution >= 4 is 34.0 Å². The summed E-state index contributed by atoms with van der Waals surface area (Å²) in [5, 5.41) is -0.374. The summed E-state index contributed by atoms with van der Waals surface area (Å²) in [6.07, 6.45) is -9.29. The maximum absolute atomic E-state index is 14.4. The molecule has 0 amide bonds. The van der Waals surface area contributed by atoms with Crippen molar-refractivity contribution in [3.63, 3.8) is 0 Å². The van der Waals surface area contributed by atoms with E-state index in [-0.39, 0.29) is 10.5 Å². The lowest BCUT2D eigenvalue weighted by Gasteiger charge is -2.29. The van der Waals surface area contributed by atoms with Gasteiger partial charge in [0.1, 0.15) is 23.1 Å². The molecule has 2 aromatic rings. The van der Waals surface area contributed by atoms with Gasteiger partial charge in [-0.25, -0.2) is 9.37 Å². The second kappa shape index (κ2) is 5.86. The number of hydrogen-bond donors (Lipinski definition) is 1. The van der Waals surface area contributed by atoms with Gasteiger partial charge in [-0.15, -0.1) is 0 Å². The van der Waals surface area contributed by atoms with E-state index in [1.807, 2.05) is 4.98 Å². The number of aromatic amines is 1. The average molecular weight is 401 g/mol. The van der Waals surface area contributed by atoms with Gasteiger partial charge in [0.2, 0.25) is 5.82 Å². The van der Waals surface area contributed by atoms with E-state index in [0.717, 1.165) is 17.2 Å². The zero-order valence-corrected chi connectivity index (χ0v) is 13.4. The van der Waals surface area contributed by atoms with Crippen molar-refractivity contribution < 1.29 is 30.7 Å². The van der Waals surface area contributed by atoms with Gasteiger partial charge in [-0.2, -0.15) is 26.3 Å². The maximum Gasteiger partial charge on any atom is 0.449 e. The number of nitrogens with zero attached hydrogens (tertiary/aromatic N) is 3. The molecule has 1 N–H and O–H groups in total. The molecule has 1 atom stereocenters. The first-order chi connectivity index (χ1) is 11.9. The number of anilines is 1. The molecule has 140 valence electrons. The van der Waals surface area contributed by atoms with Crippen LogP contribution in [0.25, 0.3) is 11.0 Å². The highest BCUT2D eigenvalue weighted by atomic mass is 35.5. The van der Waals surface area contributed by atoms with E-state index in [0.29, 0.717) is 6.08 Å². The van der Waals surface area contributed by atoms with Crippen LogP contribution in [0.1, 0.15) is 12.7 Å². The number of hydrogen-bond acceptors (Lipinski definition) is 3. The second-order valence-electron chi connectivity index (χ2n) is 5.36. The zero-order valence-electron chi connectivity index (χ0n) is 12.7. The van der Waals surface area contributed by atoms with Crippen molar-refractivity contribution in [2.45, 2.75) is 25.4 Å². The minimum Gasteiger partial charge on any atom is -0.332 e. The summed E-state index contributed by atoms with van der Waals surface area (Å²) in [5.41, 5.74) is -2.39. The van der Waals surface area contributed by atoms with Gasteiger partial charge in [0, 0.05) is 6.20 Å². The fourth-order valence-electron chi connectivity index (χ4n) is 2.48. The van der Waals surface area contributed by atoms with E-state index >= 15 is 0 Å². The first kappa shape index (κ1) is 18.5. The largest absolute Gasteiger partial charge is 0.449 e. The molecule has 12 heteroatoms. The van der Waals surface area contributed by atoms with E-state index in [2.05, 4.69) is 9.98 Å². The molecule has 1 aromatic carbocycles. The van der Waals surface area contributed by atoms with Gasteiger partial charge in [0.25, 0.3) is 0 Å². The Kier molecular flexibility index (Phi) is 4.17. The van der Waals surface area contributed by atoms with Crippen LogP contribution in [-0.4, -0.2) is 28.0 Å². The molecule has 1 aliphatic heterocycles. The minimum absolute atomic E-state index is 0.360. The average Bonchev–Trinajstić information content (AvgIpc) is 2.93. The lowest BCUT2D eigenvalue weighted by molar-refractivity contribution is -0.144. The zero-order chi connectivity index (χ0) is 19.4. The molecule has 0 fully saturated rings. The fourth-order valence-corrected chi connectivity index (χ4v) is 2.72. The number of imidazole rings is 1. The number of H-pyrrole nitrogens is 1. The van der Waals surface area contributed by atoms with Crippen LogP contribution in [0.2, 0.25) is 5.02 Å². The quantitative estimate of drug-likeness (QED) is 0.680. The summed E-state index contributed by atoms with van der Waals surface area (Å²) in [4.78, 5) is 9.62. The summed E-state index contributed by atoms with van der Waals surface area (Å²) in [7, 11) is 0. The van der Waals surface area contributed by atoms with E-state index in [4.69, 9.17) is 11.6 Å². The monoisotopic (exact) mass is 400 g/mol. The lowest BCUT2D eigenvalue weighted by atomic mass is 10.2. The summed E-state index contributed by atoms with van der Waals surface area (Å²) < 4.78 is 91.3. The van der Waals surface area contributed by atoms with Gasteiger partial charge in [-0.1, -0.05) is 11.6 Å². The molecule has 26 heavy (non-hydrogen) atoms. The first-order valence-electron chi connectivity index (χ1n) is 6.96. The van der Waals surface area contributed by atoms with Crippen LogP contribution >= 0.6 is 11.6 Å². The lowest BCUT2D eigenvalue weighted by Crippen LogP contribution is -2.35. The Balaban J connectivity index is 2.16. The highest BCUT2D eigenvalue weighted by Crippen LogP contribution is 2.38. The Bertz CT molecular complexity index is 926. The summed E-state index contributed by atoms with van der Waals surface area (Å²) in [6, 6.07) is 0.740. The number of aromatic nitrogens is 2. The Morgan fingerprint density at radius 3 is 2.35 bits per heavy atom. The molecular formula is C14H8ClF7N4. The van der Waals surface area contributed by atoms with Crippen LogP contribution in [0.15, 0.2) is 23.3 Å². The Morgan fingerprint density at radius 1 is 1.15 bits per heavy atom. The van der Waals surface area contributed by atoms with Crippen molar-refractivity contribution in [1.82, 2.24) is 9.97 Å². The van der Waals surface area contributed by atoms with Crippen molar-refractivity contribution in [2.75, 3.05) is 4.90 Å². The maximum atomic E-state index is 14.4. The number of rotatable bonds is 1. The normalized spacial score (nSPS) is 18.6. The highest BCUT2D eigenvalue weighted by molar-refractivity contribution is 6.35. The van der Waals surface area contributed by atoms with Gasteiger partial charge in [-0.3, -0.25) is 4.99 Å². The predicted octanol–water partition coefficient (Wildman–Crippen LogP) is 5.06. The van der Waals surface area contributed by atoms with E-state index in [1.165, 1.54) is 6.92 Å². The SMILES string of the molecule is CC1N=C(C(F)(F)F)C=CN1c1c(F)cc(Cl)c2nc(C(F)(F)F)[nH]c12. The van der Waals surface area contributed by atoms with E-state index < -0.39 is 47.1 Å². The molecule has 1 aromatic heterocycles.